The van der Waals surface area contributed by atoms with Gasteiger partial charge in [-0.15, -0.1) is 0 Å². The quantitative estimate of drug-likeness (QED) is 0.828. The minimum Gasteiger partial charge on any atom is -0.497 e. The summed E-state index contributed by atoms with van der Waals surface area (Å²) in [4.78, 5) is 16.4. The third-order valence-corrected chi connectivity index (χ3v) is 4.94. The molecule has 0 radical (unpaired) electrons. The summed E-state index contributed by atoms with van der Waals surface area (Å²) < 4.78 is 5.17. The van der Waals surface area contributed by atoms with Crippen LogP contribution in [-0.2, 0) is 11.2 Å². The predicted octanol–water partition coefficient (Wildman–Crippen LogP) is 1.60. The number of carbonyl (C=O) groups is 1. The molecular weight excluding hydrogens is 326 g/mol. The Balaban J connectivity index is 1.58. The lowest BCUT2D eigenvalue weighted by Crippen LogP contribution is -3.12. The van der Waals surface area contributed by atoms with Crippen molar-refractivity contribution in [3.8, 4) is 5.75 Å². The van der Waals surface area contributed by atoms with Gasteiger partial charge in [0.15, 0.2) is 0 Å². The molecular formula is C21H28N3O2+. The van der Waals surface area contributed by atoms with Crippen LogP contribution in [0.2, 0.25) is 0 Å². The molecule has 2 aromatic rings. The fourth-order valence-corrected chi connectivity index (χ4v) is 3.25. The fourth-order valence-electron chi connectivity index (χ4n) is 3.25. The Morgan fingerprint density at radius 3 is 2.50 bits per heavy atom. The van der Waals surface area contributed by atoms with Crippen LogP contribution in [0.25, 0.3) is 0 Å². The maximum absolute atomic E-state index is 12.4. The molecule has 3 rings (SSSR count). The second-order valence-corrected chi connectivity index (χ2v) is 6.86. The lowest BCUT2D eigenvalue weighted by molar-refractivity contribution is -0.880. The van der Waals surface area contributed by atoms with Crippen LogP contribution >= 0.6 is 0 Å². The lowest BCUT2D eigenvalue weighted by Gasteiger charge is -2.33. The van der Waals surface area contributed by atoms with Gasteiger partial charge in [-0.3, -0.25) is 4.79 Å². The number of hydrogen-bond acceptors (Lipinski definition) is 3. The summed E-state index contributed by atoms with van der Waals surface area (Å²) >= 11 is 0. The molecule has 0 aliphatic carbocycles. The number of piperazine rings is 1. The van der Waals surface area contributed by atoms with Crippen LogP contribution in [0, 0.1) is 0 Å². The molecule has 1 saturated heterocycles. The largest absolute Gasteiger partial charge is 0.497 e. The molecule has 138 valence electrons. The van der Waals surface area contributed by atoms with Crippen molar-refractivity contribution in [2.75, 3.05) is 50.6 Å². The zero-order valence-electron chi connectivity index (χ0n) is 15.6. The standard InChI is InChI=1S/C21H27N3O2/c1-23-13-15-24(16-14-23)20-6-4-3-5-19(20)22-21(25)12-9-17-7-10-18(26-2)11-8-17/h3-8,10-11H,9,12-16H2,1-2H3,(H,22,25)/p+1. The van der Waals surface area contributed by atoms with E-state index in [-0.39, 0.29) is 5.91 Å². The van der Waals surface area contributed by atoms with Crippen molar-refractivity contribution >= 4 is 17.3 Å². The van der Waals surface area contributed by atoms with Crippen LogP contribution in [0.3, 0.4) is 0 Å². The van der Waals surface area contributed by atoms with E-state index in [2.05, 4.69) is 23.3 Å². The minimum absolute atomic E-state index is 0.0491. The summed E-state index contributed by atoms with van der Waals surface area (Å²) in [5.74, 6) is 0.883. The van der Waals surface area contributed by atoms with Crippen LogP contribution in [0.4, 0.5) is 11.4 Å². The number of rotatable bonds is 6. The normalized spacial score (nSPS) is 14.9. The Morgan fingerprint density at radius 2 is 1.81 bits per heavy atom. The third kappa shape index (κ3) is 4.76. The van der Waals surface area contributed by atoms with Gasteiger partial charge in [0.25, 0.3) is 0 Å². The van der Waals surface area contributed by atoms with Gasteiger partial charge in [-0.05, 0) is 36.2 Å². The van der Waals surface area contributed by atoms with Gasteiger partial charge < -0.3 is 19.9 Å². The number of methoxy groups -OCH3 is 1. The topological polar surface area (TPSA) is 46.0 Å². The zero-order valence-corrected chi connectivity index (χ0v) is 15.6. The predicted molar refractivity (Wildman–Crippen MR) is 105 cm³/mol. The summed E-state index contributed by atoms with van der Waals surface area (Å²) in [5.41, 5.74) is 3.17. The smallest absolute Gasteiger partial charge is 0.224 e. The first kappa shape index (κ1) is 18.3. The molecule has 0 atom stereocenters. The third-order valence-electron chi connectivity index (χ3n) is 4.94. The number of nitrogens with zero attached hydrogens (tertiary/aromatic N) is 1. The molecule has 1 aliphatic heterocycles. The molecule has 1 heterocycles. The maximum Gasteiger partial charge on any atom is 0.224 e. The van der Waals surface area contributed by atoms with Gasteiger partial charge >= 0.3 is 0 Å². The summed E-state index contributed by atoms with van der Waals surface area (Å²) in [6, 6.07) is 16.0. The van der Waals surface area contributed by atoms with Crippen LogP contribution in [0.15, 0.2) is 48.5 Å². The van der Waals surface area contributed by atoms with E-state index in [0.29, 0.717) is 6.42 Å². The molecule has 2 aromatic carbocycles. The number of anilines is 2. The summed E-state index contributed by atoms with van der Waals surface area (Å²) in [6.07, 6.45) is 1.18. The van der Waals surface area contributed by atoms with E-state index in [1.807, 2.05) is 42.5 Å². The van der Waals surface area contributed by atoms with Crippen molar-refractivity contribution < 1.29 is 14.4 Å². The van der Waals surface area contributed by atoms with Crippen molar-refractivity contribution in [3.63, 3.8) is 0 Å². The van der Waals surface area contributed by atoms with E-state index in [9.17, 15) is 4.79 Å². The second-order valence-electron chi connectivity index (χ2n) is 6.86. The molecule has 1 aliphatic rings. The van der Waals surface area contributed by atoms with Gasteiger partial charge in [0, 0.05) is 6.42 Å². The number of nitrogens with one attached hydrogen (secondary N) is 2. The molecule has 0 spiro atoms. The maximum atomic E-state index is 12.4. The van der Waals surface area contributed by atoms with Gasteiger partial charge in [-0.2, -0.15) is 0 Å². The van der Waals surface area contributed by atoms with E-state index in [1.54, 1.807) is 12.0 Å². The second kappa shape index (κ2) is 8.72. The number of aryl methyl sites for hydroxylation is 1. The van der Waals surface area contributed by atoms with Gasteiger partial charge in [-0.1, -0.05) is 24.3 Å². The van der Waals surface area contributed by atoms with Crippen molar-refractivity contribution in [2.24, 2.45) is 0 Å². The molecule has 0 saturated carbocycles. The Kier molecular flexibility index (Phi) is 6.12. The number of quaternary nitrogens is 1. The molecule has 5 nitrogen and oxygen atoms in total. The summed E-state index contributed by atoms with van der Waals surface area (Å²) in [5, 5.41) is 3.10. The highest BCUT2D eigenvalue weighted by atomic mass is 16.5. The van der Waals surface area contributed by atoms with Crippen LogP contribution in [0.5, 0.6) is 5.75 Å². The van der Waals surface area contributed by atoms with Crippen LogP contribution < -0.4 is 19.9 Å². The summed E-state index contributed by atoms with van der Waals surface area (Å²) in [6.45, 7) is 4.29. The Labute approximate surface area is 155 Å². The molecule has 0 aromatic heterocycles. The van der Waals surface area contributed by atoms with E-state index in [0.717, 1.165) is 55.3 Å². The van der Waals surface area contributed by atoms with Gasteiger partial charge in [-0.25, -0.2) is 0 Å². The Bertz CT molecular complexity index is 722. The Morgan fingerprint density at radius 1 is 1.12 bits per heavy atom. The van der Waals surface area contributed by atoms with Gasteiger partial charge in [0.1, 0.15) is 5.75 Å². The number of ether oxygens (including phenoxy) is 1. The molecule has 1 amide bonds. The molecule has 0 bridgehead atoms. The summed E-state index contributed by atoms with van der Waals surface area (Å²) in [7, 11) is 3.88. The van der Waals surface area contributed by atoms with Crippen molar-refractivity contribution in [1.29, 1.82) is 0 Å². The first-order valence-corrected chi connectivity index (χ1v) is 9.24. The van der Waals surface area contributed by atoms with Crippen molar-refractivity contribution in [3.05, 3.63) is 54.1 Å². The molecule has 5 heteroatoms. The first-order chi connectivity index (χ1) is 12.7. The highest BCUT2D eigenvalue weighted by Crippen LogP contribution is 2.25. The van der Waals surface area contributed by atoms with E-state index < -0.39 is 0 Å². The number of likely N-dealkylation sites (N-methyl/N-ethyl adjacent to an activating group) is 1. The van der Waals surface area contributed by atoms with Crippen molar-refractivity contribution in [2.45, 2.75) is 12.8 Å². The monoisotopic (exact) mass is 354 g/mol. The molecule has 26 heavy (non-hydrogen) atoms. The lowest BCUT2D eigenvalue weighted by atomic mass is 10.1. The minimum atomic E-state index is 0.0491. The van der Waals surface area contributed by atoms with Crippen molar-refractivity contribution in [1.82, 2.24) is 0 Å². The van der Waals surface area contributed by atoms with Crippen LogP contribution in [-0.4, -0.2) is 46.2 Å². The SMILES string of the molecule is COc1ccc(CCC(=O)Nc2ccccc2N2CC[NH+](C)CC2)cc1. The van der Waals surface area contributed by atoms with E-state index >= 15 is 0 Å². The highest BCUT2D eigenvalue weighted by Gasteiger charge is 2.19. The number of para-hydroxylation sites is 2. The number of hydrogen-bond donors (Lipinski definition) is 2. The van der Waals surface area contributed by atoms with E-state index in [1.165, 1.54) is 0 Å². The molecule has 1 fully saturated rings. The zero-order chi connectivity index (χ0) is 18.4. The molecule has 0 unspecified atom stereocenters. The fraction of sp³-hybridized carbons (Fsp3) is 0.381. The average molecular weight is 354 g/mol. The first-order valence-electron chi connectivity index (χ1n) is 9.24. The number of carbonyl (C=O) groups excluding carboxylic acids is 1. The molecule has 2 N–H and O–H groups in total. The van der Waals surface area contributed by atoms with Crippen LogP contribution in [0.1, 0.15) is 12.0 Å². The number of benzene rings is 2. The van der Waals surface area contributed by atoms with Gasteiger partial charge in [0.2, 0.25) is 5.91 Å². The van der Waals surface area contributed by atoms with E-state index in [4.69, 9.17) is 4.74 Å². The Hall–Kier alpha value is -2.53. The van der Waals surface area contributed by atoms with Gasteiger partial charge in [0.05, 0.1) is 51.7 Å². The highest BCUT2D eigenvalue weighted by molar-refractivity contribution is 5.94. The number of amides is 1. The average Bonchev–Trinajstić information content (AvgIpc) is 2.68.